The first kappa shape index (κ1) is 26.8. The molecule has 1 fully saturated rings. The molecule has 3 amide bonds. The summed E-state index contributed by atoms with van der Waals surface area (Å²) in [4.78, 5) is 51.2. The lowest BCUT2D eigenvalue weighted by atomic mass is 9.97. The van der Waals surface area contributed by atoms with Crippen LogP contribution in [-0.2, 0) is 19.2 Å². The minimum atomic E-state index is -1.47. The van der Waals surface area contributed by atoms with Gasteiger partial charge in [-0.1, -0.05) is 34.1 Å². The number of likely N-dealkylation sites (tertiary alicyclic amines) is 1. The average molecular weight is 443 g/mol. The summed E-state index contributed by atoms with van der Waals surface area (Å²) >= 11 is 0. The number of carbonyl (C=O) groups is 4. The van der Waals surface area contributed by atoms with Gasteiger partial charge >= 0.3 is 5.97 Å². The fraction of sp³-hybridized carbons (Fsp3) is 0.810. The summed E-state index contributed by atoms with van der Waals surface area (Å²) in [6.07, 6.45) is 0.763. The first-order chi connectivity index (χ1) is 14.4. The second-order valence-corrected chi connectivity index (χ2v) is 8.86. The molecule has 1 rings (SSSR count). The lowest BCUT2D eigenvalue weighted by Crippen LogP contribution is -2.58. The number of amides is 3. The maximum atomic E-state index is 13.3. The Kier molecular flexibility index (Phi) is 10.4. The summed E-state index contributed by atoms with van der Waals surface area (Å²) in [5, 5.41) is 23.9. The number of aliphatic carboxylic acids is 1. The molecule has 0 aromatic carbocycles. The van der Waals surface area contributed by atoms with Gasteiger partial charge in [0.25, 0.3) is 0 Å². The highest BCUT2D eigenvalue weighted by atomic mass is 16.4. The van der Waals surface area contributed by atoms with Gasteiger partial charge in [-0.25, -0.2) is 4.79 Å². The maximum Gasteiger partial charge on any atom is 0.328 e. The van der Waals surface area contributed by atoms with E-state index >= 15 is 0 Å². The van der Waals surface area contributed by atoms with Crippen molar-refractivity contribution in [3.8, 4) is 0 Å². The minimum Gasteiger partial charge on any atom is -0.480 e. The van der Waals surface area contributed by atoms with E-state index in [-0.39, 0.29) is 17.7 Å². The molecule has 1 heterocycles. The van der Waals surface area contributed by atoms with Crippen molar-refractivity contribution in [1.29, 1.82) is 0 Å². The van der Waals surface area contributed by atoms with Crippen LogP contribution in [0.2, 0.25) is 0 Å². The largest absolute Gasteiger partial charge is 0.480 e. The molecule has 1 aliphatic heterocycles. The Morgan fingerprint density at radius 3 is 2.23 bits per heavy atom. The van der Waals surface area contributed by atoms with Crippen LogP contribution in [0.25, 0.3) is 0 Å². The second kappa shape index (κ2) is 12.0. The summed E-state index contributed by atoms with van der Waals surface area (Å²) in [5.41, 5.74) is 6.01. The molecule has 10 heteroatoms. The van der Waals surface area contributed by atoms with Crippen molar-refractivity contribution in [3.05, 3.63) is 0 Å². The molecule has 0 aromatic rings. The van der Waals surface area contributed by atoms with Gasteiger partial charge in [-0.3, -0.25) is 14.4 Å². The number of carboxylic acids is 1. The molecule has 6 unspecified atom stereocenters. The van der Waals surface area contributed by atoms with Gasteiger partial charge in [0.05, 0.1) is 12.1 Å². The zero-order chi connectivity index (χ0) is 23.9. The number of nitrogens with zero attached hydrogens (tertiary/aromatic N) is 1. The molecule has 0 aliphatic carbocycles. The Balaban J connectivity index is 2.98. The van der Waals surface area contributed by atoms with Gasteiger partial charge in [-0.2, -0.15) is 0 Å². The molecule has 0 spiro atoms. The van der Waals surface area contributed by atoms with Crippen molar-refractivity contribution >= 4 is 23.7 Å². The summed E-state index contributed by atoms with van der Waals surface area (Å²) < 4.78 is 0. The van der Waals surface area contributed by atoms with E-state index in [4.69, 9.17) is 5.73 Å². The average Bonchev–Trinajstić information content (AvgIpc) is 3.18. The predicted octanol–water partition coefficient (Wildman–Crippen LogP) is -0.168. The van der Waals surface area contributed by atoms with E-state index in [1.54, 1.807) is 0 Å². The van der Waals surface area contributed by atoms with E-state index in [2.05, 4.69) is 10.6 Å². The number of carboxylic acid groups (broad SMARTS) is 1. The van der Waals surface area contributed by atoms with E-state index < -0.39 is 48.1 Å². The summed E-state index contributed by atoms with van der Waals surface area (Å²) in [7, 11) is 0. The highest BCUT2D eigenvalue weighted by Crippen LogP contribution is 2.21. The molecule has 0 bridgehead atoms. The molecule has 6 atom stereocenters. The van der Waals surface area contributed by atoms with Crippen molar-refractivity contribution in [3.63, 3.8) is 0 Å². The van der Waals surface area contributed by atoms with Gasteiger partial charge in [0, 0.05) is 6.54 Å². The molecule has 31 heavy (non-hydrogen) atoms. The first-order valence-electron chi connectivity index (χ1n) is 11.0. The Labute approximate surface area is 183 Å². The normalized spacial score (nSPS) is 21.2. The molecule has 0 saturated carbocycles. The van der Waals surface area contributed by atoms with Crippen molar-refractivity contribution in [1.82, 2.24) is 15.5 Å². The first-order valence-corrected chi connectivity index (χ1v) is 11.0. The third kappa shape index (κ3) is 7.46. The van der Waals surface area contributed by atoms with Crippen LogP contribution in [0.5, 0.6) is 0 Å². The zero-order valence-corrected chi connectivity index (χ0v) is 19.1. The Morgan fingerprint density at radius 1 is 1.13 bits per heavy atom. The third-order valence-electron chi connectivity index (χ3n) is 5.77. The van der Waals surface area contributed by atoms with Crippen LogP contribution in [0, 0.1) is 11.8 Å². The molecule has 6 N–H and O–H groups in total. The van der Waals surface area contributed by atoms with E-state index in [1.165, 1.54) is 11.8 Å². The lowest BCUT2D eigenvalue weighted by molar-refractivity contribution is -0.147. The zero-order valence-electron chi connectivity index (χ0n) is 19.1. The summed E-state index contributed by atoms with van der Waals surface area (Å²) in [6.45, 7) is 9.24. The summed E-state index contributed by atoms with van der Waals surface area (Å²) in [5.74, 6) is -2.73. The number of hydrogen-bond acceptors (Lipinski definition) is 6. The fourth-order valence-corrected chi connectivity index (χ4v) is 3.61. The second-order valence-electron chi connectivity index (χ2n) is 8.86. The van der Waals surface area contributed by atoms with Gasteiger partial charge < -0.3 is 31.5 Å². The summed E-state index contributed by atoms with van der Waals surface area (Å²) in [6, 6.07) is -3.90. The van der Waals surface area contributed by atoms with E-state index in [0.717, 1.165) is 6.42 Å². The molecule has 0 aromatic heterocycles. The highest BCUT2D eigenvalue weighted by molar-refractivity contribution is 5.94. The number of hydrogen-bond donors (Lipinski definition) is 5. The van der Waals surface area contributed by atoms with Crippen molar-refractivity contribution in [2.75, 3.05) is 6.54 Å². The van der Waals surface area contributed by atoms with Gasteiger partial charge in [0.2, 0.25) is 17.7 Å². The van der Waals surface area contributed by atoms with Crippen molar-refractivity contribution < 1.29 is 29.4 Å². The van der Waals surface area contributed by atoms with Gasteiger partial charge in [0.1, 0.15) is 12.1 Å². The van der Waals surface area contributed by atoms with Crippen LogP contribution in [0.1, 0.15) is 60.3 Å². The number of rotatable bonds is 11. The molecule has 10 nitrogen and oxygen atoms in total. The van der Waals surface area contributed by atoms with Crippen LogP contribution in [0.15, 0.2) is 0 Å². The number of nitrogens with one attached hydrogen (secondary N) is 2. The Bertz CT molecular complexity index is 654. The monoisotopic (exact) mass is 442 g/mol. The smallest absolute Gasteiger partial charge is 0.328 e. The quantitative estimate of drug-likeness (QED) is 0.297. The van der Waals surface area contributed by atoms with Crippen LogP contribution in [0.3, 0.4) is 0 Å². The topological polar surface area (TPSA) is 162 Å². The number of aliphatic hydroxyl groups excluding tert-OH is 1. The van der Waals surface area contributed by atoms with Crippen molar-refractivity contribution in [2.45, 2.75) is 90.6 Å². The van der Waals surface area contributed by atoms with Crippen LogP contribution >= 0.6 is 0 Å². The number of nitrogens with two attached hydrogens (primary N) is 1. The van der Waals surface area contributed by atoms with Crippen LogP contribution in [0.4, 0.5) is 0 Å². The van der Waals surface area contributed by atoms with Gasteiger partial charge in [0.15, 0.2) is 6.04 Å². The van der Waals surface area contributed by atoms with Crippen LogP contribution < -0.4 is 16.4 Å². The van der Waals surface area contributed by atoms with Crippen molar-refractivity contribution in [2.24, 2.45) is 17.6 Å². The maximum absolute atomic E-state index is 13.3. The molecule has 1 aliphatic rings. The predicted molar refractivity (Wildman–Crippen MR) is 115 cm³/mol. The number of aliphatic hydroxyl groups is 1. The van der Waals surface area contributed by atoms with Gasteiger partial charge in [-0.15, -0.1) is 0 Å². The standard InChI is InChI=1S/C21H38N4O6/c1-6-12(4)16(22)19(28)23-14(10-11(2)3)20(29)25-9-7-8-15(25)18(27)24-17(13(5)26)21(30)31/h11-17,26H,6-10,22H2,1-5H3,(H,23,28)(H,24,27)(H,30,31). The molecule has 0 radical (unpaired) electrons. The van der Waals surface area contributed by atoms with E-state index in [0.29, 0.717) is 25.8 Å². The SMILES string of the molecule is CCC(C)C(N)C(=O)NC(CC(C)C)C(=O)N1CCCC1C(=O)NC(C(=O)O)C(C)O. The lowest BCUT2D eigenvalue weighted by Gasteiger charge is -2.31. The molecular formula is C21H38N4O6. The Morgan fingerprint density at radius 2 is 1.74 bits per heavy atom. The highest BCUT2D eigenvalue weighted by Gasteiger charge is 2.40. The molecule has 1 saturated heterocycles. The minimum absolute atomic E-state index is 0.0476. The van der Waals surface area contributed by atoms with E-state index in [1.807, 2.05) is 27.7 Å². The number of carbonyl (C=O) groups excluding carboxylic acids is 3. The third-order valence-corrected chi connectivity index (χ3v) is 5.77. The Hall–Kier alpha value is -2.20. The van der Waals surface area contributed by atoms with Gasteiger partial charge in [-0.05, 0) is 38.0 Å². The molecule has 178 valence electrons. The molecular weight excluding hydrogens is 404 g/mol. The fourth-order valence-electron chi connectivity index (χ4n) is 3.61. The van der Waals surface area contributed by atoms with Crippen LogP contribution in [-0.4, -0.2) is 75.6 Å². The van der Waals surface area contributed by atoms with E-state index in [9.17, 15) is 29.4 Å².